The Morgan fingerprint density at radius 2 is 1.67 bits per heavy atom. The second kappa shape index (κ2) is 10.8. The first-order chi connectivity index (χ1) is 20.5. The van der Waals surface area contributed by atoms with Crippen molar-refractivity contribution in [2.75, 3.05) is 45.3 Å². The number of anilines is 1. The third-order valence-corrected chi connectivity index (χ3v) is 7.92. The van der Waals surface area contributed by atoms with Crippen LogP contribution >= 0.6 is 0 Å². The van der Waals surface area contributed by atoms with Crippen LogP contribution in [-0.4, -0.2) is 70.8 Å². The molecule has 0 unspecified atom stereocenters. The number of amides is 1. The van der Waals surface area contributed by atoms with Crippen LogP contribution in [0.1, 0.15) is 15.9 Å². The number of aromatic hydroxyl groups is 1. The zero-order valence-corrected chi connectivity index (χ0v) is 23.3. The highest BCUT2D eigenvalue weighted by atomic mass is 16.7. The first-order valence-electron chi connectivity index (χ1n) is 14.0. The number of likely N-dealkylation sites (N-methyl/N-ethyl adjacent to an activating group) is 1. The van der Waals surface area contributed by atoms with Crippen molar-refractivity contribution in [3.63, 3.8) is 0 Å². The molecule has 4 aromatic carbocycles. The minimum Gasteiger partial charge on any atom is -0.507 e. The van der Waals surface area contributed by atoms with Crippen LogP contribution in [0.3, 0.4) is 0 Å². The van der Waals surface area contributed by atoms with Crippen molar-refractivity contribution in [2.45, 2.75) is 6.54 Å². The molecule has 3 N–H and O–H groups in total. The minimum absolute atomic E-state index is 0.104. The lowest BCUT2D eigenvalue weighted by molar-refractivity contribution is 0.102. The summed E-state index contributed by atoms with van der Waals surface area (Å²) in [5, 5.41) is 13.7. The van der Waals surface area contributed by atoms with E-state index < -0.39 is 0 Å². The smallest absolute Gasteiger partial charge is 0.255 e. The van der Waals surface area contributed by atoms with E-state index >= 15 is 0 Å². The van der Waals surface area contributed by atoms with E-state index in [9.17, 15) is 9.90 Å². The Hall–Kier alpha value is -4.86. The Morgan fingerprint density at radius 1 is 0.905 bits per heavy atom. The van der Waals surface area contributed by atoms with Crippen LogP contribution in [0, 0.1) is 0 Å². The number of aromatic amines is 1. The van der Waals surface area contributed by atoms with Crippen molar-refractivity contribution in [1.82, 2.24) is 19.8 Å². The summed E-state index contributed by atoms with van der Waals surface area (Å²) in [5.74, 6) is 1.82. The summed E-state index contributed by atoms with van der Waals surface area (Å²) < 4.78 is 10.9. The number of hydrogen-bond acceptors (Lipinski definition) is 7. The highest BCUT2D eigenvalue weighted by Crippen LogP contribution is 2.38. The van der Waals surface area contributed by atoms with Gasteiger partial charge in [0.1, 0.15) is 11.6 Å². The van der Waals surface area contributed by atoms with Crippen LogP contribution in [0.2, 0.25) is 0 Å². The predicted molar refractivity (Wildman–Crippen MR) is 162 cm³/mol. The SMILES string of the molecule is CN1CCN(Cc2ccc(NC(=O)c3ccc4[nH]c(-c5cc(-c6ccc7c(c6)OCO7)ccc5O)nc4c3)cc2)CC1. The van der Waals surface area contributed by atoms with E-state index in [1.165, 1.54) is 5.56 Å². The van der Waals surface area contributed by atoms with Crippen LogP contribution in [-0.2, 0) is 6.54 Å². The van der Waals surface area contributed by atoms with Gasteiger partial charge in [-0.2, -0.15) is 0 Å². The molecule has 0 aliphatic carbocycles. The number of nitrogens with one attached hydrogen (secondary N) is 2. The van der Waals surface area contributed by atoms with Gasteiger partial charge in [-0.25, -0.2) is 4.98 Å². The Balaban J connectivity index is 1.07. The number of rotatable bonds is 6. The maximum Gasteiger partial charge on any atom is 0.255 e. The van der Waals surface area contributed by atoms with Gasteiger partial charge >= 0.3 is 0 Å². The molecular formula is C33H31N5O4. The molecule has 1 amide bonds. The predicted octanol–water partition coefficient (Wildman–Crippen LogP) is 5.33. The maximum absolute atomic E-state index is 13.1. The topological polar surface area (TPSA) is 103 Å². The maximum atomic E-state index is 13.1. The van der Waals surface area contributed by atoms with Crippen LogP contribution in [0.15, 0.2) is 78.9 Å². The van der Waals surface area contributed by atoms with Crippen molar-refractivity contribution in [3.8, 4) is 39.8 Å². The Bertz CT molecular complexity index is 1770. The van der Waals surface area contributed by atoms with Crippen LogP contribution in [0.25, 0.3) is 33.5 Å². The minimum atomic E-state index is -0.207. The van der Waals surface area contributed by atoms with Crippen molar-refractivity contribution < 1.29 is 19.4 Å². The van der Waals surface area contributed by atoms with Crippen molar-refractivity contribution >= 4 is 22.6 Å². The highest BCUT2D eigenvalue weighted by Gasteiger charge is 2.17. The van der Waals surface area contributed by atoms with E-state index in [4.69, 9.17) is 14.5 Å². The molecule has 0 spiro atoms. The molecule has 5 aromatic rings. The molecule has 1 aromatic heterocycles. The van der Waals surface area contributed by atoms with Gasteiger partial charge in [0, 0.05) is 44.0 Å². The number of H-pyrrole nitrogens is 1. The second-order valence-electron chi connectivity index (χ2n) is 10.8. The molecular weight excluding hydrogens is 530 g/mol. The number of nitrogens with zero attached hydrogens (tertiary/aromatic N) is 3. The van der Waals surface area contributed by atoms with Crippen LogP contribution in [0.5, 0.6) is 17.2 Å². The first kappa shape index (κ1) is 26.1. The Labute approximate surface area is 243 Å². The normalized spacial score (nSPS) is 15.3. The zero-order valence-electron chi connectivity index (χ0n) is 23.3. The van der Waals surface area contributed by atoms with Gasteiger partial charge in [-0.1, -0.05) is 24.3 Å². The molecule has 1 saturated heterocycles. The number of piperazine rings is 1. The van der Waals surface area contributed by atoms with Gasteiger partial charge in [0.15, 0.2) is 11.5 Å². The summed E-state index contributed by atoms with van der Waals surface area (Å²) in [6.45, 7) is 5.43. The summed E-state index contributed by atoms with van der Waals surface area (Å²) in [4.78, 5) is 25.9. The van der Waals surface area contributed by atoms with Crippen molar-refractivity contribution in [2.24, 2.45) is 0 Å². The van der Waals surface area contributed by atoms with Crippen molar-refractivity contribution in [3.05, 3.63) is 90.0 Å². The van der Waals surface area contributed by atoms with E-state index in [1.807, 2.05) is 48.5 Å². The molecule has 0 saturated carbocycles. The van der Waals surface area contributed by atoms with Gasteiger partial charge in [0.25, 0.3) is 5.91 Å². The molecule has 2 aliphatic heterocycles. The molecule has 2 aliphatic rings. The molecule has 9 nitrogen and oxygen atoms in total. The molecule has 3 heterocycles. The lowest BCUT2D eigenvalue weighted by Crippen LogP contribution is -2.43. The van der Waals surface area contributed by atoms with Crippen LogP contribution < -0.4 is 14.8 Å². The number of benzene rings is 4. The summed E-state index contributed by atoms with van der Waals surface area (Å²) in [7, 11) is 2.16. The Morgan fingerprint density at radius 3 is 2.50 bits per heavy atom. The quantitative estimate of drug-likeness (QED) is 0.258. The van der Waals surface area contributed by atoms with E-state index in [1.54, 1.807) is 18.2 Å². The van der Waals surface area contributed by atoms with Crippen molar-refractivity contribution in [1.29, 1.82) is 0 Å². The van der Waals surface area contributed by atoms with Gasteiger partial charge in [0.05, 0.1) is 16.6 Å². The van der Waals surface area contributed by atoms with Gasteiger partial charge in [0.2, 0.25) is 6.79 Å². The standard InChI is InChI=1S/C33H31N5O4/c1-37-12-14-38(15-13-37)19-21-2-7-25(8-3-21)34-33(40)24-4-9-27-28(17-24)36-32(35-27)26-16-22(5-10-29(26)39)23-6-11-30-31(18-23)42-20-41-30/h2-11,16-18,39H,12-15,19-20H2,1H3,(H,34,40)(H,35,36). The Kier molecular flexibility index (Phi) is 6.73. The largest absolute Gasteiger partial charge is 0.507 e. The number of imidazole rings is 1. The number of phenolic OH excluding ortho intramolecular Hbond substituents is 1. The second-order valence-corrected chi connectivity index (χ2v) is 10.8. The van der Waals surface area contributed by atoms with E-state index in [0.29, 0.717) is 34.0 Å². The molecule has 212 valence electrons. The number of fused-ring (bicyclic) bond motifs is 2. The first-order valence-corrected chi connectivity index (χ1v) is 14.0. The van der Waals surface area contributed by atoms with Crippen LogP contribution in [0.4, 0.5) is 5.69 Å². The van der Waals surface area contributed by atoms with E-state index in [2.05, 4.69) is 39.3 Å². The number of aromatic nitrogens is 2. The number of carbonyl (C=O) groups excluding carboxylic acids is 1. The lowest BCUT2D eigenvalue weighted by atomic mass is 10.0. The molecule has 0 radical (unpaired) electrons. The third-order valence-electron chi connectivity index (χ3n) is 7.92. The van der Waals surface area contributed by atoms with Gasteiger partial charge in [-0.05, 0) is 78.3 Å². The summed E-state index contributed by atoms with van der Waals surface area (Å²) in [6.07, 6.45) is 0. The molecule has 1 fully saturated rings. The zero-order chi connectivity index (χ0) is 28.6. The monoisotopic (exact) mass is 561 g/mol. The average Bonchev–Trinajstić information content (AvgIpc) is 3.66. The summed E-state index contributed by atoms with van der Waals surface area (Å²) in [6, 6.07) is 24.5. The molecule has 0 bridgehead atoms. The number of hydrogen-bond donors (Lipinski definition) is 3. The fourth-order valence-corrected chi connectivity index (χ4v) is 5.42. The van der Waals surface area contributed by atoms with E-state index in [0.717, 1.165) is 55.1 Å². The summed E-state index contributed by atoms with van der Waals surface area (Å²) >= 11 is 0. The number of ether oxygens (including phenoxy) is 2. The summed E-state index contributed by atoms with van der Waals surface area (Å²) in [5.41, 5.74) is 6.27. The average molecular weight is 562 g/mol. The van der Waals surface area contributed by atoms with Gasteiger partial charge in [-0.15, -0.1) is 0 Å². The van der Waals surface area contributed by atoms with Gasteiger partial charge in [-0.3, -0.25) is 9.69 Å². The molecule has 42 heavy (non-hydrogen) atoms. The number of phenols is 1. The third kappa shape index (κ3) is 5.27. The van der Waals surface area contributed by atoms with E-state index in [-0.39, 0.29) is 18.4 Å². The fraction of sp³-hybridized carbons (Fsp3) is 0.212. The van der Waals surface area contributed by atoms with Gasteiger partial charge < -0.3 is 29.8 Å². The molecule has 9 heteroatoms. The fourth-order valence-electron chi connectivity index (χ4n) is 5.42. The number of carbonyl (C=O) groups is 1. The molecule has 0 atom stereocenters. The molecule has 7 rings (SSSR count). The lowest BCUT2D eigenvalue weighted by Gasteiger charge is -2.32. The highest BCUT2D eigenvalue weighted by molar-refractivity contribution is 6.06.